The van der Waals surface area contributed by atoms with Crippen molar-refractivity contribution in [3.8, 4) is 11.8 Å². The second-order valence-electron chi connectivity index (χ2n) is 4.30. The SMILES string of the molecule is COCCCS(=O)(=O)Nc1ccc(C#CCN)cc1C. The van der Waals surface area contributed by atoms with Crippen molar-refractivity contribution in [3.05, 3.63) is 29.3 Å². The molecule has 5 nitrogen and oxygen atoms in total. The Labute approximate surface area is 120 Å². The zero-order valence-corrected chi connectivity index (χ0v) is 12.6. The first-order chi connectivity index (χ1) is 9.48. The molecule has 0 amide bonds. The molecular formula is C14H20N2O3S. The molecule has 1 aromatic carbocycles. The first kappa shape index (κ1) is 16.5. The monoisotopic (exact) mass is 296 g/mol. The molecule has 0 heterocycles. The van der Waals surface area contributed by atoms with Gasteiger partial charge in [-0.3, -0.25) is 4.72 Å². The fraction of sp³-hybridized carbons (Fsp3) is 0.429. The zero-order valence-electron chi connectivity index (χ0n) is 11.8. The smallest absolute Gasteiger partial charge is 0.232 e. The summed E-state index contributed by atoms with van der Waals surface area (Å²) in [6, 6.07) is 5.31. The molecule has 3 N–H and O–H groups in total. The molecule has 0 unspecified atom stereocenters. The molecule has 0 bridgehead atoms. The van der Waals surface area contributed by atoms with Crippen molar-refractivity contribution in [2.75, 3.05) is 30.7 Å². The molecule has 0 aliphatic heterocycles. The molecule has 0 aliphatic carbocycles. The van der Waals surface area contributed by atoms with E-state index in [-0.39, 0.29) is 5.75 Å². The van der Waals surface area contributed by atoms with Gasteiger partial charge in [0.15, 0.2) is 0 Å². The van der Waals surface area contributed by atoms with Crippen LogP contribution >= 0.6 is 0 Å². The second kappa shape index (κ2) is 7.90. The van der Waals surface area contributed by atoms with Crippen LogP contribution < -0.4 is 10.5 Å². The number of benzene rings is 1. The van der Waals surface area contributed by atoms with Gasteiger partial charge in [-0.1, -0.05) is 11.8 Å². The van der Waals surface area contributed by atoms with Crippen LogP contribution in [0.1, 0.15) is 17.5 Å². The number of hydrogen-bond donors (Lipinski definition) is 2. The first-order valence-electron chi connectivity index (χ1n) is 6.27. The minimum Gasteiger partial charge on any atom is -0.385 e. The average molecular weight is 296 g/mol. The van der Waals surface area contributed by atoms with Crippen LogP contribution in [0.2, 0.25) is 0 Å². The van der Waals surface area contributed by atoms with Crippen molar-refractivity contribution in [1.29, 1.82) is 0 Å². The Morgan fingerprint density at radius 1 is 1.40 bits per heavy atom. The molecule has 1 rings (SSSR count). The van der Waals surface area contributed by atoms with E-state index in [0.717, 1.165) is 11.1 Å². The summed E-state index contributed by atoms with van der Waals surface area (Å²) in [4.78, 5) is 0. The lowest BCUT2D eigenvalue weighted by atomic mass is 10.1. The van der Waals surface area contributed by atoms with Crippen molar-refractivity contribution in [2.24, 2.45) is 5.73 Å². The molecule has 0 aliphatic rings. The van der Waals surface area contributed by atoms with Gasteiger partial charge in [-0.15, -0.1) is 0 Å². The van der Waals surface area contributed by atoms with Gasteiger partial charge in [0, 0.05) is 19.3 Å². The summed E-state index contributed by atoms with van der Waals surface area (Å²) < 4.78 is 31.2. The van der Waals surface area contributed by atoms with Gasteiger partial charge >= 0.3 is 0 Å². The Bertz CT molecular complexity index is 601. The third kappa shape index (κ3) is 5.61. The van der Waals surface area contributed by atoms with E-state index in [1.54, 1.807) is 19.2 Å². The van der Waals surface area contributed by atoms with Gasteiger partial charge in [0.2, 0.25) is 10.0 Å². The minimum atomic E-state index is -3.35. The van der Waals surface area contributed by atoms with Gasteiger partial charge in [0.25, 0.3) is 0 Å². The minimum absolute atomic E-state index is 0.0367. The summed E-state index contributed by atoms with van der Waals surface area (Å²) in [5, 5.41) is 0. The van der Waals surface area contributed by atoms with Crippen molar-refractivity contribution < 1.29 is 13.2 Å². The normalized spacial score (nSPS) is 10.8. The molecule has 110 valence electrons. The maximum Gasteiger partial charge on any atom is 0.232 e. The molecule has 0 aromatic heterocycles. The average Bonchev–Trinajstić information content (AvgIpc) is 2.39. The molecule has 0 saturated heterocycles. The molecule has 6 heteroatoms. The molecule has 0 spiro atoms. The highest BCUT2D eigenvalue weighted by molar-refractivity contribution is 7.92. The van der Waals surface area contributed by atoms with Crippen LogP contribution in [0.15, 0.2) is 18.2 Å². The molecule has 20 heavy (non-hydrogen) atoms. The number of anilines is 1. The van der Waals surface area contributed by atoms with E-state index in [2.05, 4.69) is 16.6 Å². The van der Waals surface area contributed by atoms with E-state index < -0.39 is 10.0 Å². The maximum atomic E-state index is 11.9. The zero-order chi connectivity index (χ0) is 15.0. The Morgan fingerprint density at radius 3 is 2.75 bits per heavy atom. The van der Waals surface area contributed by atoms with Gasteiger partial charge < -0.3 is 10.5 Å². The third-order valence-electron chi connectivity index (χ3n) is 2.59. The van der Waals surface area contributed by atoms with Crippen molar-refractivity contribution in [2.45, 2.75) is 13.3 Å². The van der Waals surface area contributed by atoms with Crippen LogP contribution in [0, 0.1) is 18.8 Å². The van der Waals surface area contributed by atoms with Crippen LogP contribution in [0.5, 0.6) is 0 Å². The van der Waals surface area contributed by atoms with E-state index in [1.165, 1.54) is 0 Å². The number of sulfonamides is 1. The predicted octanol–water partition coefficient (Wildman–Crippen LogP) is 1.08. The number of nitrogens with two attached hydrogens (primary N) is 1. The van der Waals surface area contributed by atoms with Gasteiger partial charge in [0.1, 0.15) is 0 Å². The summed E-state index contributed by atoms with van der Waals surface area (Å²) >= 11 is 0. The number of hydrogen-bond acceptors (Lipinski definition) is 4. The van der Waals surface area contributed by atoms with Gasteiger partial charge in [-0.05, 0) is 37.1 Å². The summed E-state index contributed by atoms with van der Waals surface area (Å²) in [6.45, 7) is 2.56. The van der Waals surface area contributed by atoms with Crippen molar-refractivity contribution >= 4 is 15.7 Å². The van der Waals surface area contributed by atoms with E-state index in [9.17, 15) is 8.42 Å². The molecule has 1 aromatic rings. The highest BCUT2D eigenvalue weighted by Crippen LogP contribution is 2.17. The maximum absolute atomic E-state index is 11.9. The van der Waals surface area contributed by atoms with Crippen LogP contribution in [0.25, 0.3) is 0 Å². The Morgan fingerprint density at radius 2 is 2.15 bits per heavy atom. The lowest BCUT2D eigenvalue weighted by Gasteiger charge is -2.10. The van der Waals surface area contributed by atoms with Crippen LogP contribution in [0.4, 0.5) is 5.69 Å². The van der Waals surface area contributed by atoms with E-state index in [0.29, 0.717) is 25.3 Å². The fourth-order valence-corrected chi connectivity index (χ4v) is 2.78. The van der Waals surface area contributed by atoms with E-state index in [1.807, 2.05) is 13.0 Å². The molecule has 0 radical (unpaired) electrons. The number of aryl methyl sites for hydroxylation is 1. The first-order valence-corrected chi connectivity index (χ1v) is 7.93. The van der Waals surface area contributed by atoms with Crippen LogP contribution in [-0.2, 0) is 14.8 Å². The van der Waals surface area contributed by atoms with Gasteiger partial charge in [-0.2, -0.15) is 0 Å². The van der Waals surface area contributed by atoms with Crippen LogP contribution in [0.3, 0.4) is 0 Å². The topological polar surface area (TPSA) is 81.4 Å². The van der Waals surface area contributed by atoms with Gasteiger partial charge in [0.05, 0.1) is 18.0 Å². The number of ether oxygens (including phenoxy) is 1. The van der Waals surface area contributed by atoms with Crippen molar-refractivity contribution in [3.63, 3.8) is 0 Å². The summed E-state index contributed by atoms with van der Waals surface area (Å²) in [5.74, 6) is 5.70. The van der Waals surface area contributed by atoms with Crippen LogP contribution in [-0.4, -0.2) is 34.4 Å². The van der Waals surface area contributed by atoms with E-state index in [4.69, 9.17) is 10.5 Å². The van der Waals surface area contributed by atoms with E-state index >= 15 is 0 Å². The fourth-order valence-electron chi connectivity index (χ4n) is 1.62. The summed E-state index contributed by atoms with van der Waals surface area (Å²) in [7, 11) is -1.80. The molecule has 0 saturated carbocycles. The largest absolute Gasteiger partial charge is 0.385 e. The predicted molar refractivity (Wildman–Crippen MR) is 81.0 cm³/mol. The number of methoxy groups -OCH3 is 1. The van der Waals surface area contributed by atoms with Crippen molar-refractivity contribution in [1.82, 2.24) is 0 Å². The highest BCUT2D eigenvalue weighted by Gasteiger charge is 2.11. The Balaban J connectivity index is 2.78. The number of nitrogens with one attached hydrogen (secondary N) is 1. The lowest BCUT2D eigenvalue weighted by Crippen LogP contribution is -2.18. The third-order valence-corrected chi connectivity index (χ3v) is 3.95. The Kier molecular flexibility index (Phi) is 6.52. The molecular weight excluding hydrogens is 276 g/mol. The lowest BCUT2D eigenvalue weighted by molar-refractivity contribution is 0.199. The standard InChI is InChI=1S/C14H20N2O3S/c1-12-11-13(5-3-8-15)6-7-14(12)16-20(17,18)10-4-9-19-2/h6-7,11,16H,4,8-10,15H2,1-2H3. The second-order valence-corrected chi connectivity index (χ2v) is 6.14. The summed E-state index contributed by atoms with van der Waals surface area (Å²) in [6.07, 6.45) is 0.463. The molecule has 0 fully saturated rings. The number of rotatable bonds is 6. The van der Waals surface area contributed by atoms with Gasteiger partial charge in [-0.25, -0.2) is 8.42 Å². The quantitative estimate of drug-likeness (QED) is 0.608. The highest BCUT2D eigenvalue weighted by atomic mass is 32.2. The summed E-state index contributed by atoms with van der Waals surface area (Å²) in [5.41, 5.74) is 7.52. The Hall–Kier alpha value is -1.55. The molecule has 0 atom stereocenters.